The van der Waals surface area contributed by atoms with Gasteiger partial charge >= 0.3 is 0 Å². The molecule has 0 bridgehead atoms. The Labute approximate surface area is 232 Å². The predicted octanol–water partition coefficient (Wildman–Crippen LogP) is 5.61. The molecule has 0 amide bonds. The largest absolute Gasteiger partial charge is 0.497 e. The molecule has 0 saturated carbocycles. The summed E-state index contributed by atoms with van der Waals surface area (Å²) in [5, 5.41) is 9.94. The zero-order valence-corrected chi connectivity index (χ0v) is 23.1. The minimum absolute atomic E-state index is 0.220. The smallest absolute Gasteiger partial charge is 0.143 e. The first-order valence-corrected chi connectivity index (χ1v) is 13.3. The van der Waals surface area contributed by atoms with Crippen LogP contribution in [0.3, 0.4) is 0 Å². The van der Waals surface area contributed by atoms with Crippen LogP contribution in [-0.2, 0) is 24.5 Å². The third kappa shape index (κ3) is 8.54. The molecule has 0 fully saturated rings. The summed E-state index contributed by atoms with van der Waals surface area (Å²) in [6.07, 6.45) is 0.547. The van der Waals surface area contributed by atoms with E-state index >= 15 is 0 Å². The maximum atomic E-state index is 9.94. The van der Waals surface area contributed by atoms with E-state index in [1.807, 2.05) is 85.8 Å². The van der Waals surface area contributed by atoms with Gasteiger partial charge in [-0.2, -0.15) is 5.26 Å². The summed E-state index contributed by atoms with van der Waals surface area (Å²) in [6.45, 7) is 5.39. The van der Waals surface area contributed by atoms with E-state index in [0.717, 1.165) is 28.2 Å². The zero-order chi connectivity index (χ0) is 27.8. The average Bonchev–Trinajstić information content (AvgIpc) is 3.00. The summed E-state index contributed by atoms with van der Waals surface area (Å²) < 4.78 is 34.1. The van der Waals surface area contributed by atoms with Gasteiger partial charge in [0.05, 0.1) is 59.2 Å². The van der Waals surface area contributed by atoms with Crippen molar-refractivity contribution < 1.29 is 28.4 Å². The minimum atomic E-state index is -0.954. The van der Waals surface area contributed by atoms with E-state index in [2.05, 4.69) is 6.07 Å². The molecule has 0 spiro atoms. The summed E-state index contributed by atoms with van der Waals surface area (Å²) in [6, 6.07) is 28.2. The Kier molecular flexibility index (Phi) is 12.8. The van der Waals surface area contributed by atoms with Crippen molar-refractivity contribution in [3.8, 4) is 17.6 Å². The number of ether oxygens (including phenoxy) is 6. The number of hydrogen-bond donors (Lipinski definition) is 0. The van der Waals surface area contributed by atoms with Gasteiger partial charge in [0.15, 0.2) is 0 Å². The zero-order valence-electron chi connectivity index (χ0n) is 23.1. The molecule has 3 aromatic rings. The van der Waals surface area contributed by atoms with Gasteiger partial charge in [-0.25, -0.2) is 0 Å². The maximum Gasteiger partial charge on any atom is 0.143 e. The lowest BCUT2D eigenvalue weighted by Crippen LogP contribution is -2.34. The molecular formula is C32H39NO6. The van der Waals surface area contributed by atoms with Crippen LogP contribution in [-0.4, -0.2) is 60.5 Å². The number of methoxy groups -OCH3 is 2. The molecule has 3 aromatic carbocycles. The van der Waals surface area contributed by atoms with Gasteiger partial charge < -0.3 is 28.4 Å². The van der Waals surface area contributed by atoms with Crippen LogP contribution in [0.25, 0.3) is 0 Å². The Hall–Kier alpha value is -3.41. The van der Waals surface area contributed by atoms with Gasteiger partial charge in [0.1, 0.15) is 17.1 Å². The molecule has 0 heterocycles. The van der Waals surface area contributed by atoms with Gasteiger partial charge in [0.2, 0.25) is 0 Å². The highest BCUT2D eigenvalue weighted by Crippen LogP contribution is 2.42. The Morgan fingerprint density at radius 3 is 1.64 bits per heavy atom. The molecule has 0 radical (unpaired) electrons. The Bertz CT molecular complexity index is 1060. The van der Waals surface area contributed by atoms with Crippen LogP contribution in [0, 0.1) is 17.2 Å². The van der Waals surface area contributed by atoms with Crippen LogP contribution in [0.4, 0.5) is 0 Å². The van der Waals surface area contributed by atoms with Crippen LogP contribution in [0.2, 0.25) is 0 Å². The normalized spacial score (nSPS) is 12.1. The van der Waals surface area contributed by atoms with E-state index in [1.165, 1.54) is 0 Å². The third-order valence-electron chi connectivity index (χ3n) is 6.42. The molecule has 3 rings (SSSR count). The first-order valence-electron chi connectivity index (χ1n) is 13.3. The van der Waals surface area contributed by atoms with Crippen molar-refractivity contribution in [2.75, 3.05) is 60.5 Å². The van der Waals surface area contributed by atoms with Gasteiger partial charge in [-0.1, -0.05) is 54.6 Å². The highest BCUT2D eigenvalue weighted by molar-refractivity contribution is 5.49. The lowest BCUT2D eigenvalue weighted by Gasteiger charge is -2.36. The molecule has 1 unspecified atom stereocenters. The van der Waals surface area contributed by atoms with Gasteiger partial charge in [0.25, 0.3) is 0 Å². The number of benzene rings is 3. The van der Waals surface area contributed by atoms with Gasteiger partial charge in [0, 0.05) is 13.2 Å². The van der Waals surface area contributed by atoms with Gasteiger partial charge in [-0.15, -0.1) is 0 Å². The minimum Gasteiger partial charge on any atom is -0.497 e. The number of hydrogen-bond acceptors (Lipinski definition) is 7. The van der Waals surface area contributed by atoms with Crippen molar-refractivity contribution >= 4 is 0 Å². The molecule has 7 nitrogen and oxygen atoms in total. The predicted molar refractivity (Wildman–Crippen MR) is 150 cm³/mol. The van der Waals surface area contributed by atoms with E-state index in [4.69, 9.17) is 28.4 Å². The van der Waals surface area contributed by atoms with E-state index in [-0.39, 0.29) is 12.5 Å². The molecule has 39 heavy (non-hydrogen) atoms. The van der Waals surface area contributed by atoms with Crippen molar-refractivity contribution in [1.29, 1.82) is 5.26 Å². The summed E-state index contributed by atoms with van der Waals surface area (Å²) in [5.74, 6) is 1.15. The molecule has 1 atom stereocenters. The topological polar surface area (TPSA) is 79.2 Å². The molecule has 0 aromatic heterocycles. The average molecular weight is 534 g/mol. The second kappa shape index (κ2) is 16.5. The fourth-order valence-corrected chi connectivity index (χ4v) is 4.29. The molecule has 0 aliphatic rings. The summed E-state index contributed by atoms with van der Waals surface area (Å²) in [5.41, 5.74) is 1.86. The van der Waals surface area contributed by atoms with Gasteiger partial charge in [-0.05, 0) is 54.3 Å². The van der Waals surface area contributed by atoms with Gasteiger partial charge in [-0.3, -0.25) is 0 Å². The number of nitriles is 1. The van der Waals surface area contributed by atoms with E-state index in [1.54, 1.807) is 14.2 Å². The lowest BCUT2D eigenvalue weighted by molar-refractivity contribution is -0.0102. The van der Waals surface area contributed by atoms with Crippen molar-refractivity contribution in [1.82, 2.24) is 0 Å². The molecular weight excluding hydrogens is 494 g/mol. The van der Waals surface area contributed by atoms with Crippen LogP contribution in [0.15, 0.2) is 78.9 Å². The number of rotatable bonds is 18. The Morgan fingerprint density at radius 2 is 1.15 bits per heavy atom. The number of nitrogens with zero attached hydrogens (tertiary/aromatic N) is 1. The van der Waals surface area contributed by atoms with Crippen molar-refractivity contribution in [2.24, 2.45) is 5.92 Å². The van der Waals surface area contributed by atoms with Crippen molar-refractivity contribution in [3.63, 3.8) is 0 Å². The second-order valence-electron chi connectivity index (χ2n) is 8.85. The Morgan fingerprint density at radius 1 is 0.667 bits per heavy atom. The second-order valence-corrected chi connectivity index (χ2v) is 8.85. The Balaban J connectivity index is 1.79. The van der Waals surface area contributed by atoms with E-state index in [0.29, 0.717) is 46.1 Å². The molecule has 208 valence electrons. The SMILES string of the molecule is CCOCCOCCOCCC(C#N)COC(c1ccccc1)(c1ccc(OC)cc1)c1ccc(OC)cc1. The maximum absolute atomic E-state index is 9.94. The van der Waals surface area contributed by atoms with Crippen LogP contribution >= 0.6 is 0 Å². The summed E-state index contributed by atoms with van der Waals surface area (Å²) >= 11 is 0. The van der Waals surface area contributed by atoms with Crippen molar-refractivity contribution in [3.05, 3.63) is 95.6 Å². The summed E-state index contributed by atoms with van der Waals surface area (Å²) in [4.78, 5) is 0. The molecule has 0 aliphatic carbocycles. The quantitative estimate of drug-likeness (QED) is 0.155. The highest BCUT2D eigenvalue weighted by Gasteiger charge is 2.38. The van der Waals surface area contributed by atoms with E-state index < -0.39 is 5.60 Å². The molecule has 0 aliphatic heterocycles. The fraction of sp³-hybridized carbons (Fsp3) is 0.406. The fourth-order valence-electron chi connectivity index (χ4n) is 4.29. The van der Waals surface area contributed by atoms with Crippen molar-refractivity contribution in [2.45, 2.75) is 18.9 Å². The van der Waals surface area contributed by atoms with E-state index in [9.17, 15) is 5.26 Å². The van der Waals surface area contributed by atoms with Crippen LogP contribution in [0.1, 0.15) is 30.0 Å². The third-order valence-corrected chi connectivity index (χ3v) is 6.42. The summed E-state index contributed by atoms with van der Waals surface area (Å²) in [7, 11) is 3.29. The van der Waals surface area contributed by atoms with Crippen LogP contribution in [0.5, 0.6) is 11.5 Å². The molecule has 0 saturated heterocycles. The van der Waals surface area contributed by atoms with Crippen LogP contribution < -0.4 is 9.47 Å². The highest BCUT2D eigenvalue weighted by atomic mass is 16.5. The standard InChI is InChI=1S/C32H39NO6/c1-4-36-20-21-38-23-22-37-19-18-26(24-33)25-39-32(27-8-6-5-7-9-27,28-10-14-30(34-2)15-11-28)29-12-16-31(35-3)17-13-29/h5-17,26H,4,18-23,25H2,1-3H3. The molecule has 0 N–H and O–H groups in total. The molecule has 7 heteroatoms. The lowest BCUT2D eigenvalue weighted by atomic mass is 9.80. The first kappa shape index (κ1) is 30.1. The monoisotopic (exact) mass is 533 g/mol. The first-order chi connectivity index (χ1) is 19.2.